The van der Waals surface area contributed by atoms with Crippen molar-refractivity contribution in [3.63, 3.8) is 0 Å². The number of likely N-dealkylation sites (N-methyl/N-ethyl adjacent to an activating group) is 1. The molecular weight excluding hydrogens is 468 g/mol. The second kappa shape index (κ2) is 9.88. The number of nitrogens with zero attached hydrogens (tertiary/aromatic N) is 3. The molecule has 2 aromatic rings. The van der Waals surface area contributed by atoms with Crippen molar-refractivity contribution in [2.45, 2.75) is 37.8 Å². The molecule has 35 heavy (non-hydrogen) atoms. The van der Waals surface area contributed by atoms with Crippen molar-refractivity contribution in [1.29, 1.82) is 0 Å². The summed E-state index contributed by atoms with van der Waals surface area (Å²) in [7, 11) is -1.58. The Kier molecular flexibility index (Phi) is 7.07. The number of sulfonamides is 1. The molecule has 0 bridgehead atoms. The zero-order valence-electron chi connectivity index (χ0n) is 20.2. The fraction of sp³-hybridized carbons (Fsp3) is 0.400. The Morgan fingerprint density at radius 2 is 1.60 bits per heavy atom. The molecule has 10 heteroatoms. The van der Waals surface area contributed by atoms with E-state index in [0.29, 0.717) is 38.2 Å². The van der Waals surface area contributed by atoms with Crippen LogP contribution in [-0.4, -0.2) is 79.5 Å². The summed E-state index contributed by atoms with van der Waals surface area (Å²) < 4.78 is 27.2. The van der Waals surface area contributed by atoms with Gasteiger partial charge in [-0.2, -0.15) is 4.31 Å². The van der Waals surface area contributed by atoms with Crippen LogP contribution in [0.3, 0.4) is 0 Å². The Morgan fingerprint density at radius 3 is 2.23 bits per heavy atom. The van der Waals surface area contributed by atoms with E-state index in [1.807, 2.05) is 20.9 Å². The molecule has 2 aliphatic heterocycles. The van der Waals surface area contributed by atoms with Crippen molar-refractivity contribution < 1.29 is 22.8 Å². The predicted octanol–water partition coefficient (Wildman–Crippen LogP) is 1.95. The highest BCUT2D eigenvalue weighted by atomic mass is 32.2. The van der Waals surface area contributed by atoms with Crippen LogP contribution in [0.1, 0.15) is 56.9 Å². The molecule has 0 radical (unpaired) electrons. The lowest BCUT2D eigenvalue weighted by Gasteiger charge is -2.31. The van der Waals surface area contributed by atoms with E-state index in [-0.39, 0.29) is 46.3 Å². The van der Waals surface area contributed by atoms with Gasteiger partial charge in [0.2, 0.25) is 10.0 Å². The first-order valence-electron chi connectivity index (χ1n) is 11.7. The maximum atomic E-state index is 12.9. The fourth-order valence-electron chi connectivity index (χ4n) is 4.22. The molecule has 0 spiro atoms. The predicted molar refractivity (Wildman–Crippen MR) is 131 cm³/mol. The summed E-state index contributed by atoms with van der Waals surface area (Å²) in [6, 6.07) is 10.8. The maximum absolute atomic E-state index is 12.9. The van der Waals surface area contributed by atoms with E-state index in [2.05, 4.69) is 10.2 Å². The molecule has 4 rings (SSSR count). The van der Waals surface area contributed by atoms with E-state index in [9.17, 15) is 22.8 Å². The summed E-state index contributed by atoms with van der Waals surface area (Å²) in [5.41, 5.74) is 1.57. The Balaban J connectivity index is 1.40. The van der Waals surface area contributed by atoms with E-state index in [4.69, 9.17) is 0 Å². The summed E-state index contributed by atoms with van der Waals surface area (Å²) in [6.07, 6.45) is 0.647. The first kappa shape index (κ1) is 25.0. The lowest BCUT2D eigenvalue weighted by atomic mass is 10.1. The third-order valence-corrected chi connectivity index (χ3v) is 8.60. The van der Waals surface area contributed by atoms with Gasteiger partial charge in [0.25, 0.3) is 17.7 Å². The Hall–Kier alpha value is -3.08. The van der Waals surface area contributed by atoms with Crippen molar-refractivity contribution >= 4 is 27.7 Å². The first-order chi connectivity index (χ1) is 16.6. The minimum atomic E-state index is -3.55. The van der Waals surface area contributed by atoms with Crippen molar-refractivity contribution in [3.8, 4) is 0 Å². The minimum absolute atomic E-state index is 0.191. The van der Waals surface area contributed by atoms with E-state index < -0.39 is 10.0 Å². The zero-order chi connectivity index (χ0) is 25.3. The average Bonchev–Trinajstić information content (AvgIpc) is 3.11. The number of hydrogen-bond acceptors (Lipinski definition) is 6. The summed E-state index contributed by atoms with van der Waals surface area (Å²) in [6.45, 7) is 6.22. The Morgan fingerprint density at radius 1 is 0.971 bits per heavy atom. The maximum Gasteiger partial charge on any atom is 0.261 e. The van der Waals surface area contributed by atoms with Gasteiger partial charge >= 0.3 is 0 Å². The molecule has 1 unspecified atom stereocenters. The molecule has 186 valence electrons. The molecule has 0 aliphatic carbocycles. The number of carbonyl (C=O) groups excluding carboxylic acids is 3. The standard InChI is InChI=1S/C25H30N4O5S/c1-4-17(2)29-24(31)21-10-7-19(15-22(21)25(29)32)23(30)26-16-18-5-8-20(9-6-18)35(33,34)28-13-11-27(3)12-14-28/h5-10,15,17H,4,11-14,16H2,1-3H3,(H,26,30). The molecule has 2 aromatic carbocycles. The van der Waals surface area contributed by atoms with Gasteiger partial charge in [0.15, 0.2) is 0 Å². The lowest BCUT2D eigenvalue weighted by molar-refractivity contribution is 0.0593. The number of amides is 3. The van der Waals surface area contributed by atoms with Gasteiger partial charge in [-0.25, -0.2) is 8.42 Å². The van der Waals surface area contributed by atoms with Crippen LogP contribution in [0.5, 0.6) is 0 Å². The van der Waals surface area contributed by atoms with Gasteiger partial charge in [-0.1, -0.05) is 19.1 Å². The van der Waals surface area contributed by atoms with Crippen LogP contribution in [0, 0.1) is 0 Å². The smallest absolute Gasteiger partial charge is 0.261 e. The number of benzene rings is 2. The van der Waals surface area contributed by atoms with Crippen molar-refractivity contribution in [1.82, 2.24) is 19.4 Å². The van der Waals surface area contributed by atoms with Gasteiger partial charge in [-0.05, 0) is 56.3 Å². The fourth-order valence-corrected chi connectivity index (χ4v) is 5.65. The van der Waals surface area contributed by atoms with E-state index in [1.165, 1.54) is 27.4 Å². The number of fused-ring (bicyclic) bond motifs is 1. The number of carbonyl (C=O) groups is 3. The molecular formula is C25H30N4O5S. The van der Waals surface area contributed by atoms with Crippen LogP contribution < -0.4 is 5.32 Å². The van der Waals surface area contributed by atoms with Crippen molar-refractivity contribution in [2.24, 2.45) is 0 Å². The number of piperazine rings is 1. The van der Waals surface area contributed by atoms with E-state index in [1.54, 1.807) is 24.3 Å². The van der Waals surface area contributed by atoms with Crippen LogP contribution >= 0.6 is 0 Å². The van der Waals surface area contributed by atoms with Gasteiger partial charge in [0.05, 0.1) is 16.0 Å². The normalized spacial score (nSPS) is 18.0. The van der Waals surface area contributed by atoms with E-state index >= 15 is 0 Å². The third kappa shape index (κ3) is 4.86. The van der Waals surface area contributed by atoms with Gasteiger partial charge in [-0.15, -0.1) is 0 Å². The van der Waals surface area contributed by atoms with Crippen LogP contribution in [-0.2, 0) is 16.6 Å². The molecule has 0 aromatic heterocycles. The quantitative estimate of drug-likeness (QED) is 0.585. The Labute approximate surface area is 205 Å². The topological polar surface area (TPSA) is 107 Å². The molecule has 9 nitrogen and oxygen atoms in total. The highest BCUT2D eigenvalue weighted by Gasteiger charge is 2.38. The third-order valence-electron chi connectivity index (χ3n) is 6.69. The number of imide groups is 1. The number of rotatable bonds is 7. The van der Waals surface area contributed by atoms with Crippen LogP contribution in [0.2, 0.25) is 0 Å². The molecule has 0 saturated carbocycles. The van der Waals surface area contributed by atoms with Gasteiger partial charge in [-0.3, -0.25) is 19.3 Å². The largest absolute Gasteiger partial charge is 0.348 e. The highest BCUT2D eigenvalue weighted by Crippen LogP contribution is 2.26. The number of hydrogen-bond donors (Lipinski definition) is 1. The summed E-state index contributed by atoms with van der Waals surface area (Å²) in [5, 5.41) is 2.79. The molecule has 1 saturated heterocycles. The second-order valence-electron chi connectivity index (χ2n) is 9.03. The summed E-state index contributed by atoms with van der Waals surface area (Å²) >= 11 is 0. The van der Waals surface area contributed by atoms with Gasteiger partial charge in [0, 0.05) is 44.3 Å². The molecule has 1 atom stereocenters. The monoisotopic (exact) mass is 498 g/mol. The minimum Gasteiger partial charge on any atom is -0.348 e. The molecule has 2 heterocycles. The molecule has 2 aliphatic rings. The summed E-state index contributed by atoms with van der Waals surface area (Å²) in [4.78, 5) is 41.6. The van der Waals surface area contributed by atoms with Gasteiger partial charge in [0.1, 0.15) is 0 Å². The second-order valence-corrected chi connectivity index (χ2v) is 11.0. The van der Waals surface area contributed by atoms with Crippen LogP contribution in [0.15, 0.2) is 47.4 Å². The SMILES string of the molecule is CCC(C)N1C(=O)c2ccc(C(=O)NCc3ccc(S(=O)(=O)N4CCN(C)CC4)cc3)cc2C1=O. The van der Waals surface area contributed by atoms with Crippen molar-refractivity contribution in [3.05, 3.63) is 64.7 Å². The lowest BCUT2D eigenvalue weighted by Crippen LogP contribution is -2.47. The summed E-state index contributed by atoms with van der Waals surface area (Å²) in [5.74, 6) is -1.10. The molecule has 1 N–H and O–H groups in total. The first-order valence-corrected chi connectivity index (χ1v) is 13.1. The highest BCUT2D eigenvalue weighted by molar-refractivity contribution is 7.89. The Bertz CT molecular complexity index is 1250. The molecule has 3 amide bonds. The van der Waals surface area contributed by atoms with Crippen molar-refractivity contribution in [2.75, 3.05) is 33.2 Å². The average molecular weight is 499 g/mol. The zero-order valence-corrected chi connectivity index (χ0v) is 21.0. The number of nitrogens with one attached hydrogen (secondary N) is 1. The van der Waals surface area contributed by atoms with Gasteiger partial charge < -0.3 is 10.2 Å². The van der Waals surface area contributed by atoms with E-state index in [0.717, 1.165) is 5.56 Å². The van der Waals surface area contributed by atoms with Crippen LogP contribution in [0.25, 0.3) is 0 Å². The molecule has 1 fully saturated rings. The van der Waals surface area contributed by atoms with Crippen LogP contribution in [0.4, 0.5) is 0 Å².